The summed E-state index contributed by atoms with van der Waals surface area (Å²) in [6.07, 6.45) is 2.60. The van der Waals surface area contributed by atoms with Gasteiger partial charge < -0.3 is 14.8 Å². The van der Waals surface area contributed by atoms with Crippen LogP contribution in [0.25, 0.3) is 0 Å². The normalized spacial score (nSPS) is 15.1. The molecule has 1 aliphatic carbocycles. The van der Waals surface area contributed by atoms with Crippen LogP contribution in [0.1, 0.15) is 45.6 Å². The molecule has 0 radical (unpaired) electrons. The first-order valence-electron chi connectivity index (χ1n) is 10.5. The van der Waals surface area contributed by atoms with Crippen molar-refractivity contribution in [3.8, 4) is 5.75 Å². The fourth-order valence-corrected chi connectivity index (χ4v) is 5.26. The molecule has 1 amide bonds. The van der Waals surface area contributed by atoms with Crippen molar-refractivity contribution in [1.29, 1.82) is 0 Å². The van der Waals surface area contributed by atoms with Crippen LogP contribution in [0.3, 0.4) is 0 Å². The summed E-state index contributed by atoms with van der Waals surface area (Å²) in [5, 5.41) is 3.44. The Hall–Kier alpha value is -3.12. The van der Waals surface area contributed by atoms with Crippen LogP contribution in [0.15, 0.2) is 60.7 Å². The molecule has 2 aromatic carbocycles. The molecule has 5 nitrogen and oxygen atoms in total. The Labute approximate surface area is 186 Å². The number of hydrogen-bond donors (Lipinski definition) is 1. The van der Waals surface area contributed by atoms with E-state index in [4.69, 9.17) is 9.47 Å². The van der Waals surface area contributed by atoms with Gasteiger partial charge in [-0.3, -0.25) is 4.79 Å². The van der Waals surface area contributed by atoms with Crippen LogP contribution in [0, 0.1) is 0 Å². The van der Waals surface area contributed by atoms with E-state index in [1.165, 1.54) is 16.9 Å². The zero-order valence-electron chi connectivity index (χ0n) is 17.4. The average Bonchev–Trinajstić information content (AvgIpc) is 3.16. The van der Waals surface area contributed by atoms with E-state index >= 15 is 0 Å². The van der Waals surface area contributed by atoms with Crippen LogP contribution >= 0.6 is 11.3 Å². The van der Waals surface area contributed by atoms with Crippen LogP contribution in [-0.2, 0) is 22.4 Å². The highest BCUT2D eigenvalue weighted by molar-refractivity contribution is 7.17. The summed E-state index contributed by atoms with van der Waals surface area (Å²) in [6.45, 7) is 1.95. The minimum atomic E-state index is -0.377. The maximum absolute atomic E-state index is 12.7. The second-order valence-electron chi connectivity index (χ2n) is 7.43. The number of carbonyl (C=O) groups is 2. The number of benzene rings is 2. The van der Waals surface area contributed by atoms with Crippen LogP contribution < -0.4 is 10.1 Å². The SMILES string of the molecule is CCOC(=O)c1c(NC(=O)COc2ccccc2)sc2c1CC[C@@H](c1ccccc1)C2. The van der Waals surface area contributed by atoms with E-state index in [1.807, 2.05) is 24.3 Å². The number of nitrogens with one attached hydrogen (secondary N) is 1. The molecular weight excluding hydrogens is 410 g/mol. The number of esters is 1. The molecule has 3 aromatic rings. The molecule has 0 unspecified atom stereocenters. The fraction of sp³-hybridized carbons (Fsp3) is 0.280. The number of ether oxygens (including phenoxy) is 2. The standard InChI is InChI=1S/C25H25NO4S/c1-2-29-25(28)23-20-14-13-18(17-9-5-3-6-10-17)15-21(20)31-24(23)26-22(27)16-30-19-11-7-4-8-12-19/h3-12,18H,2,13-16H2,1H3,(H,26,27)/t18-/m1/s1. The third kappa shape index (κ3) is 4.97. The van der Waals surface area contributed by atoms with E-state index in [-0.39, 0.29) is 18.5 Å². The van der Waals surface area contributed by atoms with Gasteiger partial charge in [-0.1, -0.05) is 48.5 Å². The van der Waals surface area contributed by atoms with Gasteiger partial charge in [0.2, 0.25) is 0 Å². The number of carbonyl (C=O) groups excluding carboxylic acids is 2. The summed E-state index contributed by atoms with van der Waals surface area (Å²) in [7, 11) is 0. The molecule has 1 heterocycles. The van der Waals surface area contributed by atoms with Gasteiger partial charge in [0.1, 0.15) is 10.8 Å². The molecule has 6 heteroatoms. The van der Waals surface area contributed by atoms with E-state index in [9.17, 15) is 9.59 Å². The molecule has 1 atom stereocenters. The zero-order chi connectivity index (χ0) is 21.6. The lowest BCUT2D eigenvalue weighted by Crippen LogP contribution is -2.21. The molecule has 0 saturated carbocycles. The Morgan fingerprint density at radius 1 is 1.06 bits per heavy atom. The van der Waals surface area contributed by atoms with Crippen molar-refractivity contribution in [3.05, 3.63) is 82.2 Å². The molecule has 0 fully saturated rings. The number of hydrogen-bond acceptors (Lipinski definition) is 5. The van der Waals surface area contributed by atoms with Crippen molar-refractivity contribution in [2.45, 2.75) is 32.1 Å². The average molecular weight is 436 g/mol. The van der Waals surface area contributed by atoms with Crippen molar-refractivity contribution >= 4 is 28.2 Å². The Morgan fingerprint density at radius 3 is 2.48 bits per heavy atom. The van der Waals surface area contributed by atoms with Gasteiger partial charge in [-0.15, -0.1) is 11.3 Å². The summed E-state index contributed by atoms with van der Waals surface area (Å²) in [6, 6.07) is 19.6. The van der Waals surface area contributed by atoms with Crippen molar-refractivity contribution < 1.29 is 19.1 Å². The number of amides is 1. The van der Waals surface area contributed by atoms with Crippen molar-refractivity contribution in [1.82, 2.24) is 0 Å². The quantitative estimate of drug-likeness (QED) is 0.517. The molecule has 0 spiro atoms. The number of para-hydroxylation sites is 1. The first kappa shape index (κ1) is 21.1. The number of fused-ring (bicyclic) bond motifs is 1. The highest BCUT2D eigenvalue weighted by Crippen LogP contribution is 2.42. The first-order valence-corrected chi connectivity index (χ1v) is 11.3. The largest absolute Gasteiger partial charge is 0.484 e. The highest BCUT2D eigenvalue weighted by atomic mass is 32.1. The summed E-state index contributed by atoms with van der Waals surface area (Å²) >= 11 is 1.48. The molecular formula is C25H25NO4S. The van der Waals surface area contributed by atoms with Gasteiger partial charge in [-0.2, -0.15) is 0 Å². The maximum atomic E-state index is 12.7. The Bertz CT molecular complexity index is 1050. The molecule has 0 bridgehead atoms. The predicted molar refractivity (Wildman–Crippen MR) is 122 cm³/mol. The van der Waals surface area contributed by atoms with Gasteiger partial charge in [0, 0.05) is 4.88 Å². The lowest BCUT2D eigenvalue weighted by Gasteiger charge is -2.23. The van der Waals surface area contributed by atoms with Gasteiger partial charge >= 0.3 is 5.97 Å². The maximum Gasteiger partial charge on any atom is 0.341 e. The summed E-state index contributed by atoms with van der Waals surface area (Å²) in [5.74, 6) is 0.358. The third-order valence-corrected chi connectivity index (χ3v) is 6.55. The molecule has 160 valence electrons. The Morgan fingerprint density at radius 2 is 1.77 bits per heavy atom. The smallest absolute Gasteiger partial charge is 0.341 e. The molecule has 1 aliphatic rings. The monoisotopic (exact) mass is 435 g/mol. The van der Waals surface area contributed by atoms with Crippen LogP contribution in [0.4, 0.5) is 5.00 Å². The van der Waals surface area contributed by atoms with Crippen molar-refractivity contribution in [3.63, 3.8) is 0 Å². The third-order valence-electron chi connectivity index (χ3n) is 5.38. The van der Waals surface area contributed by atoms with Crippen molar-refractivity contribution in [2.24, 2.45) is 0 Å². The minimum Gasteiger partial charge on any atom is -0.484 e. The van der Waals surface area contributed by atoms with Crippen LogP contribution in [-0.4, -0.2) is 25.1 Å². The van der Waals surface area contributed by atoms with E-state index in [0.717, 1.165) is 29.7 Å². The van der Waals surface area contributed by atoms with Gasteiger partial charge in [-0.05, 0) is 55.4 Å². The van der Waals surface area contributed by atoms with Gasteiger partial charge in [-0.25, -0.2) is 4.79 Å². The lowest BCUT2D eigenvalue weighted by molar-refractivity contribution is -0.118. The van der Waals surface area contributed by atoms with E-state index in [0.29, 0.717) is 28.8 Å². The van der Waals surface area contributed by atoms with E-state index < -0.39 is 0 Å². The minimum absolute atomic E-state index is 0.124. The van der Waals surface area contributed by atoms with Gasteiger partial charge in [0.15, 0.2) is 6.61 Å². The Balaban J connectivity index is 1.53. The number of thiophene rings is 1. The van der Waals surface area contributed by atoms with Crippen LogP contribution in [0.5, 0.6) is 5.75 Å². The number of anilines is 1. The molecule has 1 N–H and O–H groups in total. The Kier molecular flexibility index (Phi) is 6.67. The molecule has 4 rings (SSSR count). The van der Waals surface area contributed by atoms with E-state index in [1.54, 1.807) is 19.1 Å². The van der Waals surface area contributed by atoms with E-state index in [2.05, 4.69) is 29.6 Å². The second-order valence-corrected chi connectivity index (χ2v) is 8.53. The topological polar surface area (TPSA) is 64.6 Å². The number of rotatable bonds is 7. The van der Waals surface area contributed by atoms with Gasteiger partial charge in [0.25, 0.3) is 5.91 Å². The molecule has 1 aromatic heterocycles. The van der Waals surface area contributed by atoms with Gasteiger partial charge in [0.05, 0.1) is 12.2 Å². The molecule has 0 aliphatic heterocycles. The summed E-state index contributed by atoms with van der Waals surface area (Å²) in [5.41, 5.74) is 2.82. The zero-order valence-corrected chi connectivity index (χ0v) is 18.2. The van der Waals surface area contributed by atoms with Crippen LogP contribution in [0.2, 0.25) is 0 Å². The fourth-order valence-electron chi connectivity index (χ4n) is 3.93. The first-order chi connectivity index (χ1) is 15.2. The summed E-state index contributed by atoms with van der Waals surface area (Å²) in [4.78, 5) is 26.4. The predicted octanol–water partition coefficient (Wildman–Crippen LogP) is 5.21. The van der Waals surface area contributed by atoms with Crippen molar-refractivity contribution in [2.75, 3.05) is 18.5 Å². The molecule has 31 heavy (non-hydrogen) atoms. The summed E-state index contributed by atoms with van der Waals surface area (Å²) < 4.78 is 10.8. The molecule has 0 saturated heterocycles. The second kappa shape index (κ2) is 9.79. The highest BCUT2D eigenvalue weighted by Gasteiger charge is 2.30. The lowest BCUT2D eigenvalue weighted by atomic mass is 9.83.